The van der Waals surface area contributed by atoms with Gasteiger partial charge in [0.05, 0.1) is 11.9 Å². The molecule has 1 heterocycles. The molecule has 138 valence electrons. The molecule has 0 bridgehead atoms. The van der Waals surface area contributed by atoms with Crippen LogP contribution in [0.3, 0.4) is 0 Å². The zero-order chi connectivity index (χ0) is 19.2. The lowest BCUT2D eigenvalue weighted by molar-refractivity contribution is 0.0959. The summed E-state index contributed by atoms with van der Waals surface area (Å²) < 4.78 is 0. The van der Waals surface area contributed by atoms with Gasteiger partial charge < -0.3 is 16.4 Å². The first kappa shape index (κ1) is 18.5. The third-order valence-corrected chi connectivity index (χ3v) is 4.38. The van der Waals surface area contributed by atoms with E-state index in [1.54, 1.807) is 6.20 Å². The van der Waals surface area contributed by atoms with Gasteiger partial charge in [0.25, 0.3) is 5.91 Å². The van der Waals surface area contributed by atoms with Crippen LogP contribution in [-0.2, 0) is 6.54 Å². The Morgan fingerprint density at radius 3 is 2.67 bits per heavy atom. The lowest BCUT2D eigenvalue weighted by Crippen LogP contribution is -2.21. The maximum absolute atomic E-state index is 11.9. The predicted molar refractivity (Wildman–Crippen MR) is 107 cm³/mol. The Kier molecular flexibility index (Phi) is 5.78. The molecular formula is C21H23N5O. The fourth-order valence-corrected chi connectivity index (χ4v) is 2.79. The number of anilines is 1. The van der Waals surface area contributed by atoms with E-state index >= 15 is 0 Å². The zero-order valence-corrected chi connectivity index (χ0v) is 15.4. The second-order valence-corrected chi connectivity index (χ2v) is 6.28. The Balaban J connectivity index is 1.77. The van der Waals surface area contributed by atoms with Crippen molar-refractivity contribution in [2.24, 2.45) is 0 Å². The van der Waals surface area contributed by atoms with Gasteiger partial charge in [-0.15, -0.1) is 0 Å². The highest BCUT2D eigenvalue weighted by atomic mass is 16.1. The van der Waals surface area contributed by atoms with E-state index in [1.165, 1.54) is 12.6 Å². The molecule has 4 N–H and O–H groups in total. The first-order valence-corrected chi connectivity index (χ1v) is 8.80. The highest BCUT2D eigenvalue weighted by Gasteiger charge is 2.13. The van der Waals surface area contributed by atoms with Crippen LogP contribution in [0, 0.1) is 0 Å². The van der Waals surface area contributed by atoms with Crippen molar-refractivity contribution in [2.75, 3.05) is 12.8 Å². The second kappa shape index (κ2) is 8.42. The largest absolute Gasteiger partial charge is 0.382 e. The van der Waals surface area contributed by atoms with Crippen LogP contribution < -0.4 is 16.4 Å². The van der Waals surface area contributed by atoms with E-state index in [4.69, 9.17) is 5.73 Å². The molecule has 0 spiro atoms. The van der Waals surface area contributed by atoms with Gasteiger partial charge in [-0.2, -0.15) is 0 Å². The lowest BCUT2D eigenvalue weighted by atomic mass is 10.1. The molecule has 1 amide bonds. The van der Waals surface area contributed by atoms with Gasteiger partial charge in [-0.1, -0.05) is 48.5 Å². The van der Waals surface area contributed by atoms with Crippen LogP contribution >= 0.6 is 0 Å². The summed E-state index contributed by atoms with van der Waals surface area (Å²) in [7, 11) is 1.54. The lowest BCUT2D eigenvalue weighted by Gasteiger charge is -2.14. The number of nitrogens with zero attached hydrogens (tertiary/aromatic N) is 2. The maximum Gasteiger partial charge on any atom is 0.273 e. The van der Waals surface area contributed by atoms with Gasteiger partial charge in [0.15, 0.2) is 11.5 Å². The van der Waals surface area contributed by atoms with Crippen molar-refractivity contribution in [3.05, 3.63) is 77.6 Å². The number of nitrogens with one attached hydrogen (secondary N) is 2. The van der Waals surface area contributed by atoms with Gasteiger partial charge in [0.2, 0.25) is 0 Å². The molecule has 0 fully saturated rings. The van der Waals surface area contributed by atoms with E-state index in [-0.39, 0.29) is 23.5 Å². The van der Waals surface area contributed by atoms with Crippen molar-refractivity contribution >= 4 is 11.7 Å². The zero-order valence-electron chi connectivity index (χ0n) is 15.4. The van der Waals surface area contributed by atoms with E-state index in [0.717, 1.165) is 11.1 Å². The third-order valence-electron chi connectivity index (χ3n) is 4.38. The van der Waals surface area contributed by atoms with Crippen LogP contribution in [0.25, 0.3) is 11.3 Å². The van der Waals surface area contributed by atoms with Gasteiger partial charge in [0, 0.05) is 25.2 Å². The molecule has 0 aliphatic rings. The predicted octanol–water partition coefficient (Wildman–Crippen LogP) is 2.94. The summed E-state index contributed by atoms with van der Waals surface area (Å²) in [5.41, 5.74) is 9.77. The quantitative estimate of drug-likeness (QED) is 0.628. The summed E-state index contributed by atoms with van der Waals surface area (Å²) in [5, 5.41) is 6.05. The Morgan fingerprint density at radius 2 is 1.93 bits per heavy atom. The fraction of sp³-hybridized carbons (Fsp3) is 0.190. The summed E-state index contributed by atoms with van der Waals surface area (Å²) in [4.78, 5) is 20.4. The molecule has 0 aliphatic carbocycles. The smallest absolute Gasteiger partial charge is 0.273 e. The van der Waals surface area contributed by atoms with Gasteiger partial charge in [-0.3, -0.25) is 4.79 Å². The average molecular weight is 361 g/mol. The fourth-order valence-electron chi connectivity index (χ4n) is 2.79. The summed E-state index contributed by atoms with van der Waals surface area (Å²) in [6.45, 7) is 2.86. The molecule has 0 aliphatic heterocycles. The number of hydrogen-bond donors (Lipinski definition) is 3. The van der Waals surface area contributed by atoms with Gasteiger partial charge in [-0.25, -0.2) is 9.97 Å². The van der Waals surface area contributed by atoms with Crippen LogP contribution in [0.5, 0.6) is 0 Å². The number of hydrogen-bond acceptors (Lipinski definition) is 5. The molecule has 2 aromatic carbocycles. The summed E-state index contributed by atoms with van der Waals surface area (Å²) in [6, 6.07) is 18.6. The molecule has 6 nitrogen and oxygen atoms in total. The molecule has 1 aromatic heterocycles. The van der Waals surface area contributed by atoms with Crippen LogP contribution in [0.4, 0.5) is 5.82 Å². The summed E-state index contributed by atoms with van der Waals surface area (Å²) in [6.07, 6.45) is 1.58. The highest BCUT2D eigenvalue weighted by Crippen LogP contribution is 2.20. The number of amides is 1. The van der Waals surface area contributed by atoms with Crippen LogP contribution in [0.2, 0.25) is 0 Å². The highest BCUT2D eigenvalue weighted by molar-refractivity contribution is 5.96. The van der Waals surface area contributed by atoms with Crippen molar-refractivity contribution < 1.29 is 4.79 Å². The standard InChI is InChI=1S/C21H23N5O/c1-14(16-8-4-3-5-9-16)24-12-15-7-6-10-17(11-15)18-13-25-20(22)19(26-18)21(27)23-2/h3-11,13-14,24H,12H2,1-2H3,(H2,22,25)(H,23,27)/t14-/m1/s1. The van der Waals surface area contributed by atoms with E-state index in [1.807, 2.05) is 36.4 Å². The number of rotatable bonds is 6. The second-order valence-electron chi connectivity index (χ2n) is 6.28. The van der Waals surface area contributed by atoms with Crippen molar-refractivity contribution in [1.82, 2.24) is 20.6 Å². The van der Waals surface area contributed by atoms with E-state index in [2.05, 4.69) is 45.7 Å². The molecule has 27 heavy (non-hydrogen) atoms. The number of carbonyl (C=O) groups is 1. The minimum atomic E-state index is -0.351. The van der Waals surface area contributed by atoms with Crippen molar-refractivity contribution in [3.8, 4) is 11.3 Å². The number of benzene rings is 2. The molecule has 6 heteroatoms. The average Bonchev–Trinajstić information content (AvgIpc) is 2.72. The normalized spacial score (nSPS) is 11.8. The Bertz CT molecular complexity index is 927. The Morgan fingerprint density at radius 1 is 1.15 bits per heavy atom. The SMILES string of the molecule is CNC(=O)c1nc(-c2cccc(CN[C@H](C)c3ccccc3)c2)cnc1N. The molecule has 0 saturated heterocycles. The summed E-state index contributed by atoms with van der Waals surface area (Å²) >= 11 is 0. The van der Waals surface area contributed by atoms with Crippen molar-refractivity contribution in [1.29, 1.82) is 0 Å². The van der Waals surface area contributed by atoms with E-state index in [9.17, 15) is 4.79 Å². The van der Waals surface area contributed by atoms with Gasteiger partial charge in [-0.05, 0) is 24.1 Å². The molecular weight excluding hydrogens is 338 g/mol. The Hall–Kier alpha value is -3.25. The number of carbonyl (C=O) groups excluding carboxylic acids is 1. The van der Waals surface area contributed by atoms with Crippen molar-refractivity contribution in [3.63, 3.8) is 0 Å². The van der Waals surface area contributed by atoms with Crippen LogP contribution in [0.15, 0.2) is 60.8 Å². The van der Waals surface area contributed by atoms with E-state index in [0.29, 0.717) is 12.2 Å². The number of nitrogen functional groups attached to an aromatic ring is 1. The first-order chi connectivity index (χ1) is 13.1. The number of nitrogens with two attached hydrogens (primary N) is 1. The third kappa shape index (κ3) is 4.48. The maximum atomic E-state index is 11.9. The minimum absolute atomic E-state index is 0.118. The van der Waals surface area contributed by atoms with Gasteiger partial charge in [0.1, 0.15) is 0 Å². The number of aromatic nitrogens is 2. The molecule has 3 aromatic rings. The van der Waals surface area contributed by atoms with Crippen molar-refractivity contribution in [2.45, 2.75) is 19.5 Å². The topological polar surface area (TPSA) is 92.9 Å². The van der Waals surface area contributed by atoms with E-state index < -0.39 is 0 Å². The molecule has 0 saturated carbocycles. The first-order valence-electron chi connectivity index (χ1n) is 8.80. The minimum Gasteiger partial charge on any atom is -0.382 e. The van der Waals surface area contributed by atoms with Crippen LogP contribution in [0.1, 0.15) is 34.6 Å². The molecule has 0 unspecified atom stereocenters. The monoisotopic (exact) mass is 361 g/mol. The van der Waals surface area contributed by atoms with Crippen LogP contribution in [-0.4, -0.2) is 22.9 Å². The Labute approximate surface area is 158 Å². The molecule has 3 rings (SSSR count). The summed E-state index contributed by atoms with van der Waals surface area (Å²) in [5.74, 6) is -0.232. The van der Waals surface area contributed by atoms with Gasteiger partial charge >= 0.3 is 0 Å². The molecule has 0 radical (unpaired) electrons. The molecule has 1 atom stereocenters.